The third-order valence-electron chi connectivity index (χ3n) is 4.41. The molecule has 2 aromatic rings. The van der Waals surface area contributed by atoms with Crippen LogP contribution in [0.15, 0.2) is 30.5 Å². The van der Waals surface area contributed by atoms with Crippen LogP contribution in [0.5, 0.6) is 0 Å². The van der Waals surface area contributed by atoms with Crippen molar-refractivity contribution in [1.29, 1.82) is 0 Å². The molecule has 5 nitrogen and oxygen atoms in total. The van der Waals surface area contributed by atoms with E-state index in [0.717, 1.165) is 35.6 Å². The Balaban J connectivity index is 1.74. The van der Waals surface area contributed by atoms with Gasteiger partial charge in [-0.1, -0.05) is 18.2 Å². The molecule has 0 N–H and O–H groups in total. The number of nitrogens with zero attached hydrogens (tertiary/aromatic N) is 2. The average molecular weight is 328 g/mol. The van der Waals surface area contributed by atoms with E-state index < -0.39 is 5.60 Å². The second-order valence-electron chi connectivity index (χ2n) is 7.33. The van der Waals surface area contributed by atoms with Gasteiger partial charge >= 0.3 is 6.09 Å². The number of carbonyl (C=O) groups is 2. The van der Waals surface area contributed by atoms with Gasteiger partial charge in [0.15, 0.2) is 6.29 Å². The van der Waals surface area contributed by atoms with Gasteiger partial charge < -0.3 is 14.2 Å². The van der Waals surface area contributed by atoms with Crippen LogP contribution in [0.4, 0.5) is 4.79 Å². The zero-order valence-corrected chi connectivity index (χ0v) is 14.5. The summed E-state index contributed by atoms with van der Waals surface area (Å²) in [5.41, 5.74) is 1.33. The molecule has 1 aliphatic rings. The van der Waals surface area contributed by atoms with Crippen molar-refractivity contribution in [2.45, 2.75) is 45.3 Å². The van der Waals surface area contributed by atoms with Gasteiger partial charge in [-0.3, -0.25) is 4.79 Å². The van der Waals surface area contributed by atoms with E-state index in [1.807, 2.05) is 51.2 Å². The van der Waals surface area contributed by atoms with Gasteiger partial charge in [0.25, 0.3) is 0 Å². The first-order chi connectivity index (χ1) is 11.4. The van der Waals surface area contributed by atoms with E-state index in [0.29, 0.717) is 19.1 Å². The molecule has 1 amide bonds. The maximum absolute atomic E-state index is 12.2. The molecule has 24 heavy (non-hydrogen) atoms. The number of piperidine rings is 1. The van der Waals surface area contributed by atoms with Crippen molar-refractivity contribution >= 4 is 23.3 Å². The van der Waals surface area contributed by atoms with Crippen LogP contribution in [0, 0.1) is 0 Å². The lowest BCUT2D eigenvalue weighted by atomic mass is 10.0. The summed E-state index contributed by atoms with van der Waals surface area (Å²) in [5.74, 6) is 0. The highest BCUT2D eigenvalue weighted by atomic mass is 16.6. The fourth-order valence-electron chi connectivity index (χ4n) is 3.28. The minimum Gasteiger partial charge on any atom is -0.444 e. The monoisotopic (exact) mass is 328 g/mol. The summed E-state index contributed by atoms with van der Waals surface area (Å²) in [6, 6.07) is 8.25. The third kappa shape index (κ3) is 3.30. The molecule has 5 heteroatoms. The molecule has 1 aliphatic heterocycles. The number of hydrogen-bond acceptors (Lipinski definition) is 3. The van der Waals surface area contributed by atoms with E-state index in [4.69, 9.17) is 4.74 Å². The van der Waals surface area contributed by atoms with Gasteiger partial charge in [-0.2, -0.15) is 0 Å². The zero-order valence-electron chi connectivity index (χ0n) is 14.5. The number of fused-ring (bicyclic) bond motifs is 1. The molecule has 0 spiro atoms. The molecule has 0 atom stereocenters. The Labute approximate surface area is 142 Å². The van der Waals surface area contributed by atoms with E-state index in [-0.39, 0.29) is 6.09 Å². The Bertz CT molecular complexity index is 750. The molecule has 1 aromatic carbocycles. The number of benzene rings is 1. The number of likely N-dealkylation sites (tertiary alicyclic amines) is 1. The second kappa shape index (κ2) is 6.30. The van der Waals surface area contributed by atoms with Crippen LogP contribution in [-0.4, -0.2) is 40.5 Å². The lowest BCUT2D eigenvalue weighted by molar-refractivity contribution is 0.0189. The first-order valence-corrected chi connectivity index (χ1v) is 8.42. The number of ether oxygens (including phenoxy) is 1. The van der Waals surface area contributed by atoms with E-state index in [2.05, 4.69) is 4.57 Å². The number of aromatic nitrogens is 1. The van der Waals surface area contributed by atoms with E-state index >= 15 is 0 Å². The van der Waals surface area contributed by atoms with Crippen LogP contribution in [0.25, 0.3) is 10.9 Å². The minimum atomic E-state index is -0.469. The number of hydrogen-bond donors (Lipinski definition) is 0. The summed E-state index contributed by atoms with van der Waals surface area (Å²) in [5, 5.41) is 0.988. The van der Waals surface area contributed by atoms with Crippen LogP contribution < -0.4 is 0 Å². The van der Waals surface area contributed by atoms with Gasteiger partial charge in [0.1, 0.15) is 5.60 Å². The predicted octanol–water partition coefficient (Wildman–Crippen LogP) is 4.03. The van der Waals surface area contributed by atoms with Crippen molar-refractivity contribution < 1.29 is 14.3 Å². The molecule has 0 bridgehead atoms. The fourth-order valence-corrected chi connectivity index (χ4v) is 3.28. The molecule has 3 rings (SSSR count). The first kappa shape index (κ1) is 16.6. The van der Waals surface area contributed by atoms with E-state index in [9.17, 15) is 9.59 Å². The molecule has 128 valence electrons. The Morgan fingerprint density at radius 2 is 1.88 bits per heavy atom. The summed E-state index contributed by atoms with van der Waals surface area (Å²) in [7, 11) is 0. The summed E-state index contributed by atoms with van der Waals surface area (Å²) in [6.07, 6.45) is 4.32. The van der Waals surface area contributed by atoms with Gasteiger partial charge in [-0.25, -0.2) is 4.79 Å². The second-order valence-corrected chi connectivity index (χ2v) is 7.33. The topological polar surface area (TPSA) is 51.5 Å². The maximum atomic E-state index is 12.2. The predicted molar refractivity (Wildman–Crippen MR) is 93.4 cm³/mol. The largest absolute Gasteiger partial charge is 0.444 e. The van der Waals surface area contributed by atoms with Crippen molar-refractivity contribution in [3.05, 3.63) is 36.0 Å². The maximum Gasteiger partial charge on any atom is 0.410 e. The molecule has 0 radical (unpaired) electrons. The van der Waals surface area contributed by atoms with Gasteiger partial charge in [-0.05, 0) is 39.7 Å². The highest BCUT2D eigenvalue weighted by molar-refractivity contribution is 5.97. The summed E-state index contributed by atoms with van der Waals surface area (Å²) in [4.78, 5) is 25.3. The van der Waals surface area contributed by atoms with E-state index in [1.54, 1.807) is 4.90 Å². The number of amides is 1. The van der Waals surface area contributed by atoms with Gasteiger partial charge in [0.2, 0.25) is 0 Å². The van der Waals surface area contributed by atoms with Crippen LogP contribution in [-0.2, 0) is 4.74 Å². The Morgan fingerprint density at radius 3 is 2.50 bits per heavy atom. The first-order valence-electron chi connectivity index (χ1n) is 8.42. The highest BCUT2D eigenvalue weighted by Gasteiger charge is 2.28. The fraction of sp³-hybridized carbons (Fsp3) is 0.474. The smallest absolute Gasteiger partial charge is 0.410 e. The summed E-state index contributed by atoms with van der Waals surface area (Å²) in [6.45, 7) is 6.98. The molecule has 0 saturated carbocycles. The van der Waals surface area contributed by atoms with Crippen molar-refractivity contribution in [2.75, 3.05) is 13.1 Å². The lowest BCUT2D eigenvalue weighted by Crippen LogP contribution is -2.42. The van der Waals surface area contributed by atoms with Crippen molar-refractivity contribution in [2.24, 2.45) is 0 Å². The third-order valence-corrected chi connectivity index (χ3v) is 4.41. The molecule has 1 fully saturated rings. The Morgan fingerprint density at radius 1 is 1.21 bits per heavy atom. The van der Waals surface area contributed by atoms with Crippen molar-refractivity contribution in [1.82, 2.24) is 9.47 Å². The minimum absolute atomic E-state index is 0.244. The van der Waals surface area contributed by atoms with E-state index in [1.165, 1.54) is 0 Å². The molecule has 2 heterocycles. The van der Waals surface area contributed by atoms with Crippen LogP contribution in [0.1, 0.15) is 50.0 Å². The van der Waals surface area contributed by atoms with Crippen molar-refractivity contribution in [3.8, 4) is 0 Å². The SMILES string of the molecule is CC(C)(C)OC(=O)N1CCC(n2cc(C=O)c3ccccc32)CC1. The highest BCUT2D eigenvalue weighted by Crippen LogP contribution is 2.30. The number of carbonyl (C=O) groups excluding carboxylic acids is 2. The molecular weight excluding hydrogens is 304 g/mol. The normalized spacial score (nSPS) is 16.4. The quantitative estimate of drug-likeness (QED) is 0.782. The molecule has 1 aromatic heterocycles. The van der Waals surface area contributed by atoms with Crippen LogP contribution in [0.3, 0.4) is 0 Å². The van der Waals surface area contributed by atoms with Crippen molar-refractivity contribution in [3.63, 3.8) is 0 Å². The summed E-state index contributed by atoms with van der Waals surface area (Å²) >= 11 is 0. The number of rotatable bonds is 2. The zero-order chi connectivity index (χ0) is 17.3. The Kier molecular flexibility index (Phi) is 4.35. The Hall–Kier alpha value is -2.30. The van der Waals surface area contributed by atoms with Gasteiger partial charge in [0, 0.05) is 41.8 Å². The molecule has 0 unspecified atom stereocenters. The summed E-state index contributed by atoms with van der Waals surface area (Å²) < 4.78 is 7.63. The lowest BCUT2D eigenvalue weighted by Gasteiger charge is -2.34. The van der Waals surface area contributed by atoms with Crippen LogP contribution in [0.2, 0.25) is 0 Å². The number of para-hydroxylation sites is 1. The van der Waals surface area contributed by atoms with Crippen LogP contribution >= 0.6 is 0 Å². The van der Waals surface area contributed by atoms with Gasteiger partial charge in [-0.15, -0.1) is 0 Å². The van der Waals surface area contributed by atoms with Gasteiger partial charge in [0.05, 0.1) is 0 Å². The molecule has 0 aliphatic carbocycles. The standard InChI is InChI=1S/C19H24N2O3/c1-19(2,3)24-18(23)20-10-8-15(9-11-20)21-12-14(13-22)16-6-4-5-7-17(16)21/h4-7,12-13,15H,8-11H2,1-3H3. The number of aldehydes is 1. The molecular formula is C19H24N2O3. The molecule has 1 saturated heterocycles. The average Bonchev–Trinajstić information content (AvgIpc) is 2.92.